The highest BCUT2D eigenvalue weighted by molar-refractivity contribution is 7.92. The second-order valence-electron chi connectivity index (χ2n) is 10.8. The Kier molecular flexibility index (Phi) is 7.28. The SMILES string of the molecule is Cc1cccc(C)c1-c1nc2nc(c1CCC(C)(C)C)O[C@H](C)CNC(=O)c1cccc(c1)S(=O)(=O)N2. The average Bonchev–Trinajstić information content (AvgIpc) is 2.81. The molecule has 2 heterocycles. The number of carbonyl (C=O) groups is 1. The van der Waals surface area contributed by atoms with Crippen molar-refractivity contribution in [3.63, 3.8) is 0 Å². The second kappa shape index (κ2) is 10.1. The van der Waals surface area contributed by atoms with Gasteiger partial charge in [-0.1, -0.05) is 45.0 Å². The molecule has 4 rings (SSSR count). The predicted octanol–water partition coefficient (Wildman–Crippen LogP) is 5.05. The van der Waals surface area contributed by atoms with E-state index in [4.69, 9.17) is 9.72 Å². The van der Waals surface area contributed by atoms with Crippen LogP contribution in [-0.2, 0) is 16.4 Å². The molecule has 4 bridgehead atoms. The summed E-state index contributed by atoms with van der Waals surface area (Å²) in [5.41, 5.74) is 4.68. The normalized spacial score (nSPS) is 17.4. The van der Waals surface area contributed by atoms with E-state index in [1.807, 2.05) is 39.0 Å². The molecule has 0 saturated carbocycles. The third-order valence-corrected chi connectivity index (χ3v) is 7.63. The van der Waals surface area contributed by atoms with E-state index in [9.17, 15) is 13.2 Å². The van der Waals surface area contributed by atoms with Crippen LogP contribution < -0.4 is 14.8 Å². The Morgan fingerprint density at radius 2 is 1.73 bits per heavy atom. The van der Waals surface area contributed by atoms with E-state index in [1.54, 1.807) is 6.07 Å². The van der Waals surface area contributed by atoms with Crippen LogP contribution in [0.4, 0.5) is 5.95 Å². The van der Waals surface area contributed by atoms with Gasteiger partial charge in [0, 0.05) is 16.7 Å². The third-order valence-electron chi connectivity index (χ3n) is 6.31. The molecule has 2 aromatic carbocycles. The van der Waals surface area contributed by atoms with Crippen molar-refractivity contribution in [2.75, 3.05) is 11.3 Å². The molecule has 0 spiro atoms. The fourth-order valence-corrected chi connectivity index (χ4v) is 5.27. The Morgan fingerprint density at radius 3 is 2.41 bits per heavy atom. The summed E-state index contributed by atoms with van der Waals surface area (Å²) >= 11 is 0. The lowest BCUT2D eigenvalue weighted by Crippen LogP contribution is -2.34. The van der Waals surface area contributed by atoms with Gasteiger partial charge in [-0.05, 0) is 68.4 Å². The van der Waals surface area contributed by atoms with Crippen molar-refractivity contribution in [2.24, 2.45) is 5.41 Å². The molecule has 196 valence electrons. The van der Waals surface area contributed by atoms with Crippen LogP contribution in [0.3, 0.4) is 0 Å². The summed E-state index contributed by atoms with van der Waals surface area (Å²) in [5, 5.41) is 2.83. The summed E-state index contributed by atoms with van der Waals surface area (Å²) in [7, 11) is -4.07. The number of rotatable bonds is 3. The van der Waals surface area contributed by atoms with Crippen molar-refractivity contribution in [3.05, 3.63) is 64.7 Å². The predicted molar refractivity (Wildman–Crippen MR) is 144 cm³/mol. The molecule has 0 saturated heterocycles. The minimum absolute atomic E-state index is 0.0396. The van der Waals surface area contributed by atoms with Gasteiger partial charge >= 0.3 is 0 Å². The van der Waals surface area contributed by atoms with Gasteiger partial charge in [0.05, 0.1) is 17.1 Å². The summed E-state index contributed by atoms with van der Waals surface area (Å²) in [6.07, 6.45) is 1.05. The van der Waals surface area contributed by atoms with Gasteiger partial charge in [-0.15, -0.1) is 0 Å². The quantitative estimate of drug-likeness (QED) is 0.498. The number of hydrogen-bond acceptors (Lipinski definition) is 6. The number of ether oxygens (including phenoxy) is 1. The Hall–Kier alpha value is -3.46. The summed E-state index contributed by atoms with van der Waals surface area (Å²) in [6.45, 7) is 12.6. The van der Waals surface area contributed by atoms with Gasteiger partial charge in [0.1, 0.15) is 6.10 Å². The topological polar surface area (TPSA) is 110 Å². The third kappa shape index (κ3) is 6.10. The molecule has 1 aliphatic rings. The summed E-state index contributed by atoms with van der Waals surface area (Å²) in [5.74, 6) is -0.153. The maximum atomic E-state index is 13.3. The number of nitrogens with one attached hydrogen (secondary N) is 2. The highest BCUT2D eigenvalue weighted by Crippen LogP contribution is 2.37. The fraction of sp³-hybridized carbons (Fsp3) is 0.393. The molecule has 1 aliphatic heterocycles. The van der Waals surface area contributed by atoms with Crippen molar-refractivity contribution in [3.8, 4) is 17.1 Å². The van der Waals surface area contributed by atoms with Gasteiger partial charge in [0.25, 0.3) is 15.9 Å². The number of aryl methyl sites for hydroxylation is 2. The Labute approximate surface area is 218 Å². The maximum absolute atomic E-state index is 13.3. The fourth-order valence-electron chi connectivity index (χ4n) is 4.28. The van der Waals surface area contributed by atoms with E-state index in [2.05, 4.69) is 35.8 Å². The van der Waals surface area contributed by atoms with Crippen molar-refractivity contribution in [1.29, 1.82) is 0 Å². The molecule has 0 unspecified atom stereocenters. The number of carbonyl (C=O) groups excluding carboxylic acids is 1. The number of hydrogen-bond donors (Lipinski definition) is 2. The molecular weight excluding hydrogens is 488 g/mol. The smallest absolute Gasteiger partial charge is 0.264 e. The first-order valence-corrected chi connectivity index (χ1v) is 13.9. The number of nitrogens with zero attached hydrogens (tertiary/aromatic N) is 2. The molecule has 1 aromatic heterocycles. The molecule has 2 N–H and O–H groups in total. The van der Waals surface area contributed by atoms with E-state index in [1.165, 1.54) is 18.2 Å². The van der Waals surface area contributed by atoms with Crippen molar-refractivity contribution >= 4 is 21.9 Å². The number of benzene rings is 2. The number of fused-ring (bicyclic) bond motifs is 4. The van der Waals surface area contributed by atoms with E-state index in [0.717, 1.165) is 28.7 Å². The van der Waals surface area contributed by atoms with Crippen LogP contribution in [0.5, 0.6) is 5.88 Å². The zero-order chi connectivity index (χ0) is 27.0. The first kappa shape index (κ1) is 26.6. The molecule has 1 atom stereocenters. The van der Waals surface area contributed by atoms with Crippen LogP contribution in [-0.4, -0.2) is 36.9 Å². The molecule has 0 aliphatic carbocycles. The van der Waals surface area contributed by atoms with Gasteiger partial charge in [-0.3, -0.25) is 4.79 Å². The highest BCUT2D eigenvalue weighted by Gasteiger charge is 2.26. The highest BCUT2D eigenvalue weighted by atomic mass is 32.2. The standard InChI is InChI=1S/C28H34N4O4S/c1-17-9-7-10-18(2)23(17)24-22(13-14-28(4,5)6)26-31-27(30-24)32-37(34,35)21-12-8-11-20(15-21)25(33)29-16-19(3)36-26/h7-12,15,19H,13-14,16H2,1-6H3,(H,29,33)(H,30,31,32)/t19-/m1/s1. The lowest BCUT2D eigenvalue weighted by Gasteiger charge is -2.23. The largest absolute Gasteiger partial charge is 0.472 e. The van der Waals surface area contributed by atoms with Crippen molar-refractivity contribution in [1.82, 2.24) is 15.3 Å². The van der Waals surface area contributed by atoms with Crippen LogP contribution in [0.15, 0.2) is 47.4 Å². The maximum Gasteiger partial charge on any atom is 0.264 e. The van der Waals surface area contributed by atoms with Crippen LogP contribution >= 0.6 is 0 Å². The molecule has 1 amide bonds. The minimum Gasteiger partial charge on any atom is -0.472 e. The van der Waals surface area contributed by atoms with Gasteiger partial charge in [-0.25, -0.2) is 18.1 Å². The van der Waals surface area contributed by atoms with Gasteiger partial charge in [-0.2, -0.15) is 4.98 Å². The van der Waals surface area contributed by atoms with E-state index < -0.39 is 16.1 Å². The van der Waals surface area contributed by atoms with Crippen LogP contribution in [0, 0.1) is 19.3 Å². The minimum atomic E-state index is -4.07. The first-order valence-electron chi connectivity index (χ1n) is 12.4. The van der Waals surface area contributed by atoms with E-state index in [0.29, 0.717) is 18.0 Å². The summed E-state index contributed by atoms with van der Waals surface area (Å²) < 4.78 is 35.4. The Morgan fingerprint density at radius 1 is 1.05 bits per heavy atom. The average molecular weight is 523 g/mol. The number of amides is 1. The Balaban J connectivity index is 1.96. The van der Waals surface area contributed by atoms with Crippen LogP contribution in [0.25, 0.3) is 11.3 Å². The molecule has 37 heavy (non-hydrogen) atoms. The number of anilines is 1. The molecule has 8 nitrogen and oxygen atoms in total. The molecule has 0 radical (unpaired) electrons. The zero-order valence-corrected chi connectivity index (χ0v) is 23.0. The molecule has 3 aromatic rings. The van der Waals surface area contributed by atoms with Crippen molar-refractivity contribution < 1.29 is 17.9 Å². The van der Waals surface area contributed by atoms with E-state index in [-0.39, 0.29) is 34.3 Å². The lowest BCUT2D eigenvalue weighted by atomic mass is 9.87. The Bertz CT molecular complexity index is 1420. The zero-order valence-electron chi connectivity index (χ0n) is 22.2. The van der Waals surface area contributed by atoms with Crippen molar-refractivity contribution in [2.45, 2.75) is 65.4 Å². The van der Waals surface area contributed by atoms with Gasteiger partial charge in [0.2, 0.25) is 11.8 Å². The molecule has 0 fully saturated rings. The number of aromatic nitrogens is 2. The number of sulfonamides is 1. The second-order valence-corrected chi connectivity index (χ2v) is 12.5. The van der Waals surface area contributed by atoms with Gasteiger partial charge in [0.15, 0.2) is 0 Å². The first-order chi connectivity index (χ1) is 17.3. The summed E-state index contributed by atoms with van der Waals surface area (Å²) in [6, 6.07) is 11.9. The van der Waals surface area contributed by atoms with Crippen LogP contribution in [0.1, 0.15) is 61.2 Å². The molecule has 9 heteroatoms. The summed E-state index contributed by atoms with van der Waals surface area (Å²) in [4.78, 5) is 22.0. The van der Waals surface area contributed by atoms with Crippen LogP contribution in [0.2, 0.25) is 0 Å². The monoisotopic (exact) mass is 522 g/mol. The van der Waals surface area contributed by atoms with E-state index >= 15 is 0 Å². The molecular formula is C28H34N4O4S. The lowest BCUT2D eigenvalue weighted by molar-refractivity contribution is 0.0930. The van der Waals surface area contributed by atoms with Gasteiger partial charge < -0.3 is 10.1 Å².